The van der Waals surface area contributed by atoms with Gasteiger partial charge in [0.15, 0.2) is 0 Å². The summed E-state index contributed by atoms with van der Waals surface area (Å²) in [6.45, 7) is 0. The normalized spacial score (nSPS) is 17.2. The first-order valence-electron chi connectivity index (χ1n) is 5.56. The summed E-state index contributed by atoms with van der Waals surface area (Å²) in [7, 11) is -3.80. The van der Waals surface area contributed by atoms with Crippen LogP contribution in [0.15, 0.2) is 23.1 Å². The molecule has 0 saturated heterocycles. The molecule has 6 heteroatoms. The van der Waals surface area contributed by atoms with Gasteiger partial charge in [0.1, 0.15) is 10.6 Å². The van der Waals surface area contributed by atoms with Crippen LogP contribution in [0.3, 0.4) is 0 Å². The van der Waals surface area contributed by atoms with E-state index in [1.54, 1.807) is 12.1 Å². The minimum absolute atomic E-state index is 0.0376. The Hall–Kier alpha value is -1.27. The summed E-state index contributed by atoms with van der Waals surface area (Å²) in [5.74, 6) is 0.300. The zero-order valence-corrected chi connectivity index (χ0v) is 10.2. The highest BCUT2D eigenvalue weighted by atomic mass is 32.2. The predicted octanol–water partition coefficient (Wildman–Crippen LogP) is 1.24. The molecule has 1 aromatic rings. The van der Waals surface area contributed by atoms with Crippen LogP contribution in [0.2, 0.25) is 0 Å². The SMILES string of the molecule is Nc1ccc(OC2CCCC2)c(S(N)(=O)=O)c1. The van der Waals surface area contributed by atoms with Gasteiger partial charge in [-0.1, -0.05) is 0 Å². The lowest BCUT2D eigenvalue weighted by atomic mass is 10.3. The summed E-state index contributed by atoms with van der Waals surface area (Å²) in [5, 5.41) is 5.14. The van der Waals surface area contributed by atoms with Crippen molar-refractivity contribution < 1.29 is 13.2 Å². The van der Waals surface area contributed by atoms with Gasteiger partial charge in [0, 0.05) is 5.69 Å². The van der Waals surface area contributed by atoms with E-state index in [4.69, 9.17) is 15.6 Å². The number of primary sulfonamides is 1. The van der Waals surface area contributed by atoms with Gasteiger partial charge >= 0.3 is 0 Å². The summed E-state index contributed by atoms with van der Waals surface area (Å²) in [5.41, 5.74) is 5.91. The van der Waals surface area contributed by atoms with Crippen LogP contribution in [-0.4, -0.2) is 14.5 Å². The Morgan fingerprint density at radius 3 is 2.47 bits per heavy atom. The molecule has 0 radical (unpaired) electrons. The maximum atomic E-state index is 11.4. The minimum atomic E-state index is -3.80. The second-order valence-electron chi connectivity index (χ2n) is 4.28. The van der Waals surface area contributed by atoms with Gasteiger partial charge in [-0.05, 0) is 43.9 Å². The minimum Gasteiger partial charge on any atom is -0.489 e. The molecule has 0 spiro atoms. The topological polar surface area (TPSA) is 95.4 Å². The summed E-state index contributed by atoms with van der Waals surface area (Å²) < 4.78 is 28.5. The van der Waals surface area contributed by atoms with Gasteiger partial charge in [-0.2, -0.15) is 0 Å². The Morgan fingerprint density at radius 2 is 1.88 bits per heavy atom. The lowest BCUT2D eigenvalue weighted by Crippen LogP contribution is -2.17. The van der Waals surface area contributed by atoms with E-state index in [9.17, 15) is 8.42 Å². The number of rotatable bonds is 3. The third kappa shape index (κ3) is 2.89. The first-order chi connectivity index (χ1) is 7.97. The lowest BCUT2D eigenvalue weighted by Gasteiger charge is -2.15. The fourth-order valence-electron chi connectivity index (χ4n) is 2.03. The van der Waals surface area contributed by atoms with Crippen LogP contribution >= 0.6 is 0 Å². The van der Waals surface area contributed by atoms with Crippen LogP contribution in [0.4, 0.5) is 5.69 Å². The average molecular weight is 256 g/mol. The van der Waals surface area contributed by atoms with Crippen molar-refractivity contribution >= 4 is 15.7 Å². The van der Waals surface area contributed by atoms with E-state index in [1.807, 2.05) is 0 Å². The van der Waals surface area contributed by atoms with Crippen molar-refractivity contribution in [3.63, 3.8) is 0 Å². The quantitative estimate of drug-likeness (QED) is 0.795. The average Bonchev–Trinajstić information content (AvgIpc) is 2.72. The smallest absolute Gasteiger partial charge is 0.241 e. The largest absolute Gasteiger partial charge is 0.489 e. The summed E-state index contributed by atoms with van der Waals surface area (Å²) in [6.07, 6.45) is 4.22. The molecule has 0 aliphatic heterocycles. The van der Waals surface area contributed by atoms with E-state index >= 15 is 0 Å². The van der Waals surface area contributed by atoms with Gasteiger partial charge in [0.2, 0.25) is 10.0 Å². The van der Waals surface area contributed by atoms with Gasteiger partial charge in [-0.3, -0.25) is 0 Å². The monoisotopic (exact) mass is 256 g/mol. The molecule has 0 heterocycles. The van der Waals surface area contributed by atoms with Crippen LogP contribution in [0.25, 0.3) is 0 Å². The Kier molecular flexibility index (Phi) is 3.26. The summed E-state index contributed by atoms with van der Waals surface area (Å²) in [6, 6.07) is 4.51. The van der Waals surface area contributed by atoms with Crippen LogP contribution in [0.1, 0.15) is 25.7 Å². The van der Waals surface area contributed by atoms with Crippen LogP contribution in [0, 0.1) is 0 Å². The summed E-state index contributed by atoms with van der Waals surface area (Å²) in [4.78, 5) is -0.0376. The number of sulfonamides is 1. The molecule has 1 aromatic carbocycles. The first kappa shape index (κ1) is 12.2. The number of ether oxygens (including phenoxy) is 1. The fraction of sp³-hybridized carbons (Fsp3) is 0.455. The highest BCUT2D eigenvalue weighted by Gasteiger charge is 2.21. The van der Waals surface area contributed by atoms with Gasteiger partial charge < -0.3 is 10.5 Å². The molecule has 0 aromatic heterocycles. The molecule has 0 atom stereocenters. The fourth-order valence-corrected chi connectivity index (χ4v) is 2.73. The molecular weight excluding hydrogens is 240 g/mol. The van der Waals surface area contributed by atoms with E-state index in [1.165, 1.54) is 6.07 Å². The van der Waals surface area contributed by atoms with E-state index < -0.39 is 10.0 Å². The Balaban J connectivity index is 2.32. The van der Waals surface area contributed by atoms with Crippen molar-refractivity contribution in [2.24, 2.45) is 5.14 Å². The number of nitrogens with two attached hydrogens (primary N) is 2. The molecule has 2 rings (SSSR count). The number of benzene rings is 1. The van der Waals surface area contributed by atoms with Gasteiger partial charge in [0.05, 0.1) is 6.10 Å². The van der Waals surface area contributed by atoms with Crippen molar-refractivity contribution in [1.82, 2.24) is 0 Å². The molecule has 4 N–H and O–H groups in total. The zero-order chi connectivity index (χ0) is 12.5. The van der Waals surface area contributed by atoms with E-state index in [2.05, 4.69) is 0 Å². The van der Waals surface area contributed by atoms with Crippen LogP contribution in [0.5, 0.6) is 5.75 Å². The standard InChI is InChI=1S/C11H16N2O3S/c12-8-5-6-10(11(7-8)17(13,14)15)16-9-3-1-2-4-9/h5-7,9H,1-4,12H2,(H2,13,14,15). The van der Waals surface area contributed by atoms with Crippen molar-refractivity contribution in [3.8, 4) is 5.75 Å². The molecular formula is C11H16N2O3S. The Bertz CT molecular complexity index is 507. The lowest BCUT2D eigenvalue weighted by molar-refractivity contribution is 0.204. The molecule has 1 aliphatic rings. The molecule has 1 saturated carbocycles. The predicted molar refractivity (Wildman–Crippen MR) is 65.1 cm³/mol. The second kappa shape index (κ2) is 4.54. The maximum absolute atomic E-state index is 11.4. The van der Waals surface area contributed by atoms with E-state index in [-0.39, 0.29) is 11.0 Å². The number of nitrogen functional groups attached to an aromatic ring is 1. The third-order valence-electron chi connectivity index (χ3n) is 2.87. The molecule has 5 nitrogen and oxygen atoms in total. The highest BCUT2D eigenvalue weighted by molar-refractivity contribution is 7.89. The molecule has 0 amide bonds. The Labute approximate surface area is 101 Å². The number of anilines is 1. The van der Waals surface area contributed by atoms with E-state index in [0.717, 1.165) is 25.7 Å². The molecule has 1 aliphatic carbocycles. The third-order valence-corrected chi connectivity index (χ3v) is 3.80. The molecule has 17 heavy (non-hydrogen) atoms. The Morgan fingerprint density at radius 1 is 1.24 bits per heavy atom. The van der Waals surface area contributed by atoms with E-state index in [0.29, 0.717) is 11.4 Å². The van der Waals surface area contributed by atoms with Crippen LogP contribution in [-0.2, 0) is 10.0 Å². The number of hydrogen-bond donors (Lipinski definition) is 2. The number of hydrogen-bond acceptors (Lipinski definition) is 4. The van der Waals surface area contributed by atoms with Crippen molar-refractivity contribution in [2.75, 3.05) is 5.73 Å². The molecule has 1 fully saturated rings. The van der Waals surface area contributed by atoms with Gasteiger partial charge in [-0.25, -0.2) is 13.6 Å². The zero-order valence-electron chi connectivity index (χ0n) is 9.43. The molecule has 0 unspecified atom stereocenters. The van der Waals surface area contributed by atoms with Crippen molar-refractivity contribution in [2.45, 2.75) is 36.7 Å². The molecule has 0 bridgehead atoms. The van der Waals surface area contributed by atoms with Gasteiger partial charge in [-0.15, -0.1) is 0 Å². The second-order valence-corrected chi connectivity index (χ2v) is 5.81. The van der Waals surface area contributed by atoms with Crippen molar-refractivity contribution in [3.05, 3.63) is 18.2 Å². The van der Waals surface area contributed by atoms with Crippen molar-refractivity contribution in [1.29, 1.82) is 0 Å². The summed E-state index contributed by atoms with van der Waals surface area (Å²) >= 11 is 0. The molecule has 94 valence electrons. The maximum Gasteiger partial charge on any atom is 0.241 e. The highest BCUT2D eigenvalue weighted by Crippen LogP contribution is 2.30. The van der Waals surface area contributed by atoms with Gasteiger partial charge in [0.25, 0.3) is 0 Å². The first-order valence-corrected chi connectivity index (χ1v) is 7.10. The van der Waals surface area contributed by atoms with Crippen LogP contribution < -0.4 is 15.6 Å².